The molecular formula is C13H19NO4S. The lowest BCUT2D eigenvalue weighted by Gasteiger charge is -2.19. The van der Waals surface area contributed by atoms with Gasteiger partial charge in [0.25, 0.3) is 5.91 Å². The van der Waals surface area contributed by atoms with Gasteiger partial charge in [0.05, 0.1) is 21.8 Å². The van der Waals surface area contributed by atoms with Crippen molar-refractivity contribution in [3.8, 4) is 0 Å². The molecule has 0 saturated carbocycles. The summed E-state index contributed by atoms with van der Waals surface area (Å²) in [7, 11) is -3.44. The Morgan fingerprint density at radius 2 is 1.84 bits per heavy atom. The smallest absolute Gasteiger partial charge is 0.268 e. The number of benzene rings is 1. The van der Waals surface area contributed by atoms with Crippen LogP contribution in [-0.2, 0) is 14.7 Å². The number of rotatable bonds is 4. The standard InChI is InChI=1S/C13H19NO4S/c1-5-19(16,17)11-9-7-6-8-10(11)12(15)14-18-13(2,3)4/h6-9H,5H2,1-4H3,(H,14,15). The van der Waals surface area contributed by atoms with Crippen molar-refractivity contribution in [1.29, 1.82) is 0 Å². The Morgan fingerprint density at radius 3 is 2.37 bits per heavy atom. The molecule has 0 unspecified atom stereocenters. The van der Waals surface area contributed by atoms with Crippen molar-refractivity contribution in [2.24, 2.45) is 0 Å². The fraction of sp³-hybridized carbons (Fsp3) is 0.462. The zero-order valence-corrected chi connectivity index (χ0v) is 12.4. The zero-order valence-electron chi connectivity index (χ0n) is 11.6. The van der Waals surface area contributed by atoms with Crippen LogP contribution in [0.25, 0.3) is 0 Å². The van der Waals surface area contributed by atoms with Gasteiger partial charge in [0.2, 0.25) is 0 Å². The van der Waals surface area contributed by atoms with Gasteiger partial charge in [-0.2, -0.15) is 0 Å². The predicted molar refractivity (Wildman–Crippen MR) is 72.5 cm³/mol. The normalized spacial score (nSPS) is 12.2. The molecule has 19 heavy (non-hydrogen) atoms. The van der Waals surface area contributed by atoms with Gasteiger partial charge >= 0.3 is 0 Å². The highest BCUT2D eigenvalue weighted by atomic mass is 32.2. The summed E-state index contributed by atoms with van der Waals surface area (Å²) in [4.78, 5) is 17.1. The van der Waals surface area contributed by atoms with E-state index in [0.717, 1.165) is 0 Å². The van der Waals surface area contributed by atoms with E-state index >= 15 is 0 Å². The third-order valence-electron chi connectivity index (χ3n) is 2.30. The molecule has 0 aliphatic carbocycles. The van der Waals surface area contributed by atoms with E-state index in [9.17, 15) is 13.2 Å². The van der Waals surface area contributed by atoms with E-state index in [-0.39, 0.29) is 16.2 Å². The van der Waals surface area contributed by atoms with Gasteiger partial charge in [0.15, 0.2) is 9.84 Å². The minimum atomic E-state index is -3.44. The molecule has 0 aromatic heterocycles. The first-order valence-corrected chi connectivity index (χ1v) is 7.63. The highest BCUT2D eigenvalue weighted by Crippen LogP contribution is 2.17. The van der Waals surface area contributed by atoms with Crippen molar-refractivity contribution in [3.63, 3.8) is 0 Å². The van der Waals surface area contributed by atoms with Crippen LogP contribution in [0.5, 0.6) is 0 Å². The molecule has 1 N–H and O–H groups in total. The summed E-state index contributed by atoms with van der Waals surface area (Å²) in [6, 6.07) is 6.08. The Balaban J connectivity index is 3.05. The van der Waals surface area contributed by atoms with Crippen LogP contribution in [0.4, 0.5) is 0 Å². The van der Waals surface area contributed by atoms with Crippen LogP contribution >= 0.6 is 0 Å². The molecule has 6 heteroatoms. The molecule has 0 fully saturated rings. The summed E-state index contributed by atoms with van der Waals surface area (Å²) >= 11 is 0. The summed E-state index contributed by atoms with van der Waals surface area (Å²) < 4.78 is 23.8. The van der Waals surface area contributed by atoms with E-state index in [1.54, 1.807) is 32.9 Å². The number of hydroxylamine groups is 1. The average molecular weight is 285 g/mol. The van der Waals surface area contributed by atoms with Crippen molar-refractivity contribution >= 4 is 15.7 Å². The zero-order chi connectivity index (χ0) is 14.7. The van der Waals surface area contributed by atoms with Gasteiger partial charge in [-0.05, 0) is 32.9 Å². The molecule has 0 aliphatic rings. The fourth-order valence-electron chi connectivity index (χ4n) is 1.34. The molecule has 0 saturated heterocycles. The maximum atomic E-state index is 12.0. The molecule has 1 rings (SSSR count). The lowest BCUT2D eigenvalue weighted by molar-refractivity contribution is -0.0590. The van der Waals surface area contributed by atoms with E-state index in [2.05, 4.69) is 5.48 Å². The van der Waals surface area contributed by atoms with Crippen LogP contribution < -0.4 is 5.48 Å². The van der Waals surface area contributed by atoms with E-state index in [1.165, 1.54) is 19.1 Å². The summed E-state index contributed by atoms with van der Waals surface area (Å²) in [5, 5.41) is 0. The van der Waals surface area contributed by atoms with Gasteiger partial charge in [-0.25, -0.2) is 13.9 Å². The minimum absolute atomic E-state index is 0.0208. The molecule has 1 amide bonds. The van der Waals surface area contributed by atoms with Gasteiger partial charge in [-0.1, -0.05) is 19.1 Å². The van der Waals surface area contributed by atoms with E-state index in [0.29, 0.717) is 0 Å². The number of nitrogens with one attached hydrogen (secondary N) is 1. The van der Waals surface area contributed by atoms with Crippen molar-refractivity contribution in [2.45, 2.75) is 38.2 Å². The second-order valence-electron chi connectivity index (χ2n) is 5.05. The molecule has 1 aromatic carbocycles. The Labute approximate surface area is 113 Å². The molecule has 1 aromatic rings. The fourth-order valence-corrected chi connectivity index (χ4v) is 2.43. The van der Waals surface area contributed by atoms with Crippen molar-refractivity contribution in [2.75, 3.05) is 5.75 Å². The van der Waals surface area contributed by atoms with Gasteiger partial charge < -0.3 is 0 Å². The maximum absolute atomic E-state index is 12.0. The Morgan fingerprint density at radius 1 is 1.26 bits per heavy atom. The van der Waals surface area contributed by atoms with E-state index in [4.69, 9.17) is 4.84 Å². The second-order valence-corrected chi connectivity index (χ2v) is 7.29. The molecular weight excluding hydrogens is 266 g/mol. The highest BCUT2D eigenvalue weighted by Gasteiger charge is 2.21. The summed E-state index contributed by atoms with van der Waals surface area (Å²) in [5.41, 5.74) is 1.82. The van der Waals surface area contributed by atoms with Crippen LogP contribution in [0.15, 0.2) is 29.2 Å². The molecule has 0 heterocycles. The number of sulfone groups is 1. The molecule has 0 radical (unpaired) electrons. The lowest BCUT2D eigenvalue weighted by atomic mass is 10.2. The number of hydrogen-bond acceptors (Lipinski definition) is 4. The third-order valence-corrected chi connectivity index (χ3v) is 4.08. The molecule has 0 spiro atoms. The number of carbonyl (C=O) groups is 1. The second kappa shape index (κ2) is 5.71. The number of amides is 1. The summed E-state index contributed by atoms with van der Waals surface area (Å²) in [5.74, 6) is -0.625. The highest BCUT2D eigenvalue weighted by molar-refractivity contribution is 7.91. The topological polar surface area (TPSA) is 72.5 Å². The maximum Gasteiger partial charge on any atom is 0.276 e. The quantitative estimate of drug-likeness (QED) is 0.858. The average Bonchev–Trinajstić information content (AvgIpc) is 2.35. The van der Waals surface area contributed by atoms with Crippen molar-refractivity contribution in [3.05, 3.63) is 29.8 Å². The Bertz CT molecular complexity index is 558. The van der Waals surface area contributed by atoms with Crippen LogP contribution in [0.2, 0.25) is 0 Å². The van der Waals surface area contributed by atoms with Crippen LogP contribution in [0, 0.1) is 0 Å². The van der Waals surface area contributed by atoms with Crippen molar-refractivity contribution in [1.82, 2.24) is 5.48 Å². The monoisotopic (exact) mass is 285 g/mol. The van der Waals surface area contributed by atoms with Crippen LogP contribution in [0.3, 0.4) is 0 Å². The minimum Gasteiger partial charge on any atom is -0.268 e. The largest absolute Gasteiger partial charge is 0.276 e. The summed E-state index contributed by atoms with van der Waals surface area (Å²) in [6.45, 7) is 6.88. The van der Waals surface area contributed by atoms with Gasteiger partial charge in [-0.15, -0.1) is 0 Å². The molecule has 106 valence electrons. The Kier molecular flexibility index (Phi) is 4.70. The molecule has 0 aliphatic heterocycles. The SMILES string of the molecule is CCS(=O)(=O)c1ccccc1C(=O)NOC(C)(C)C. The predicted octanol–water partition coefficient (Wildman–Crippen LogP) is 1.94. The molecule has 0 bridgehead atoms. The van der Waals surface area contributed by atoms with Gasteiger partial charge in [-0.3, -0.25) is 9.63 Å². The Hall–Kier alpha value is -1.40. The number of hydrogen-bond donors (Lipinski definition) is 1. The third kappa shape index (κ3) is 4.33. The first-order chi connectivity index (χ1) is 8.67. The van der Waals surface area contributed by atoms with Gasteiger partial charge in [0.1, 0.15) is 0 Å². The lowest BCUT2D eigenvalue weighted by Crippen LogP contribution is -2.34. The summed E-state index contributed by atoms with van der Waals surface area (Å²) in [6.07, 6.45) is 0. The first-order valence-electron chi connectivity index (χ1n) is 5.97. The van der Waals surface area contributed by atoms with Crippen molar-refractivity contribution < 1.29 is 18.0 Å². The van der Waals surface area contributed by atoms with Crippen LogP contribution in [-0.4, -0.2) is 25.7 Å². The molecule has 0 atom stereocenters. The first kappa shape index (κ1) is 15.7. The van der Waals surface area contributed by atoms with Gasteiger partial charge in [0, 0.05) is 0 Å². The van der Waals surface area contributed by atoms with E-state index < -0.39 is 21.3 Å². The van der Waals surface area contributed by atoms with E-state index in [1.807, 2.05) is 0 Å². The molecule has 5 nitrogen and oxygen atoms in total. The number of carbonyl (C=O) groups excluding carboxylic acids is 1. The van der Waals surface area contributed by atoms with Crippen LogP contribution in [0.1, 0.15) is 38.1 Å².